The zero-order chi connectivity index (χ0) is 25.1. The van der Waals surface area contributed by atoms with Crippen molar-refractivity contribution in [2.75, 3.05) is 11.9 Å². The van der Waals surface area contributed by atoms with Gasteiger partial charge in [-0.05, 0) is 55.3 Å². The van der Waals surface area contributed by atoms with Crippen molar-refractivity contribution in [3.8, 4) is 16.9 Å². The van der Waals surface area contributed by atoms with Crippen LogP contribution in [0.5, 0.6) is 5.75 Å². The van der Waals surface area contributed by atoms with Crippen LogP contribution in [0.4, 0.5) is 15.8 Å². The molecular formula is C26H20ClFN2O5. The van der Waals surface area contributed by atoms with Gasteiger partial charge < -0.3 is 14.5 Å². The Hall–Kier alpha value is -4.17. The number of amides is 1. The summed E-state index contributed by atoms with van der Waals surface area (Å²) >= 11 is 5.84. The van der Waals surface area contributed by atoms with E-state index in [1.807, 2.05) is 13.0 Å². The van der Waals surface area contributed by atoms with Gasteiger partial charge in [-0.1, -0.05) is 23.7 Å². The van der Waals surface area contributed by atoms with Gasteiger partial charge in [-0.25, -0.2) is 4.39 Å². The molecule has 0 saturated carbocycles. The van der Waals surface area contributed by atoms with Crippen LogP contribution in [0, 0.1) is 15.9 Å². The molecule has 4 rings (SSSR count). The highest BCUT2D eigenvalue weighted by Crippen LogP contribution is 2.37. The second kappa shape index (κ2) is 9.99. The van der Waals surface area contributed by atoms with Crippen molar-refractivity contribution in [1.29, 1.82) is 0 Å². The third kappa shape index (κ3) is 5.17. The highest BCUT2D eigenvalue weighted by molar-refractivity contribution is 6.32. The molecule has 178 valence electrons. The Kier molecular flexibility index (Phi) is 6.84. The number of allylic oxidation sites excluding steroid dienone is 1. The first-order valence-electron chi connectivity index (χ1n) is 10.6. The van der Waals surface area contributed by atoms with Gasteiger partial charge in [0.25, 0.3) is 5.69 Å². The molecule has 7 nitrogen and oxygen atoms in total. The number of furan rings is 1. The predicted octanol–water partition coefficient (Wildman–Crippen LogP) is 7.24. The van der Waals surface area contributed by atoms with E-state index in [9.17, 15) is 19.3 Å². The Bertz CT molecular complexity index is 1460. The Morgan fingerprint density at radius 2 is 1.94 bits per heavy atom. The van der Waals surface area contributed by atoms with Gasteiger partial charge in [-0.2, -0.15) is 0 Å². The Balaban J connectivity index is 1.70. The van der Waals surface area contributed by atoms with Gasteiger partial charge in [0.05, 0.1) is 17.8 Å². The number of nitrogens with zero attached hydrogens (tertiary/aromatic N) is 1. The molecule has 3 aromatic carbocycles. The lowest BCUT2D eigenvalue weighted by atomic mass is 9.99. The number of hydrogen-bond acceptors (Lipinski definition) is 5. The molecule has 0 aliphatic rings. The molecule has 0 saturated heterocycles. The van der Waals surface area contributed by atoms with Crippen LogP contribution in [0.25, 0.3) is 27.7 Å². The van der Waals surface area contributed by atoms with E-state index in [0.29, 0.717) is 29.1 Å². The number of nitro benzene ring substituents is 1. The van der Waals surface area contributed by atoms with Gasteiger partial charge in [-0.15, -0.1) is 0 Å². The molecule has 0 aliphatic heterocycles. The Morgan fingerprint density at radius 1 is 1.20 bits per heavy atom. The molecule has 0 bridgehead atoms. The zero-order valence-electron chi connectivity index (χ0n) is 18.8. The maximum Gasteiger partial charge on any atom is 0.289 e. The lowest BCUT2D eigenvalue weighted by Gasteiger charge is -2.12. The average Bonchev–Trinajstić information content (AvgIpc) is 3.23. The zero-order valence-corrected chi connectivity index (χ0v) is 19.6. The number of carbonyl (C=O) groups is 1. The van der Waals surface area contributed by atoms with E-state index in [4.69, 9.17) is 20.8 Å². The summed E-state index contributed by atoms with van der Waals surface area (Å²) in [6, 6.07) is 13.7. The first-order valence-corrected chi connectivity index (χ1v) is 11.0. The number of carbonyl (C=O) groups excluding carboxylic acids is 1. The van der Waals surface area contributed by atoms with E-state index < -0.39 is 10.8 Å². The topological polar surface area (TPSA) is 94.6 Å². The van der Waals surface area contributed by atoms with Crippen molar-refractivity contribution in [1.82, 2.24) is 0 Å². The average molecular weight is 495 g/mol. The van der Waals surface area contributed by atoms with Crippen molar-refractivity contribution in [2.24, 2.45) is 0 Å². The minimum atomic E-state index is -0.619. The van der Waals surface area contributed by atoms with Crippen LogP contribution in [0.15, 0.2) is 71.4 Å². The van der Waals surface area contributed by atoms with Gasteiger partial charge in [0.15, 0.2) is 0 Å². The molecule has 4 aromatic rings. The summed E-state index contributed by atoms with van der Waals surface area (Å²) in [4.78, 5) is 23.2. The number of halogens is 2. The smallest absolute Gasteiger partial charge is 0.289 e. The quantitative estimate of drug-likeness (QED) is 0.166. The van der Waals surface area contributed by atoms with E-state index >= 15 is 0 Å². The van der Waals surface area contributed by atoms with Gasteiger partial charge >= 0.3 is 0 Å². The molecule has 1 heterocycles. The largest absolute Gasteiger partial charge is 0.493 e. The Morgan fingerprint density at radius 3 is 2.63 bits per heavy atom. The molecule has 1 amide bonds. The minimum absolute atomic E-state index is 0.0218. The van der Waals surface area contributed by atoms with Crippen molar-refractivity contribution in [3.05, 3.63) is 93.5 Å². The molecule has 35 heavy (non-hydrogen) atoms. The molecule has 0 unspecified atom stereocenters. The molecule has 0 aliphatic carbocycles. The van der Waals surface area contributed by atoms with E-state index in [-0.39, 0.29) is 22.2 Å². The van der Waals surface area contributed by atoms with E-state index in [1.165, 1.54) is 36.4 Å². The first-order chi connectivity index (χ1) is 16.8. The number of nitro groups is 1. The Labute approximate surface area is 204 Å². The maximum absolute atomic E-state index is 13.4. The minimum Gasteiger partial charge on any atom is -0.493 e. The molecule has 0 atom stereocenters. The molecule has 1 N–H and O–H groups in total. The number of nitrogens with one attached hydrogen (secondary N) is 1. The first kappa shape index (κ1) is 24.0. The lowest BCUT2D eigenvalue weighted by molar-refractivity contribution is -0.384. The molecule has 0 spiro atoms. The van der Waals surface area contributed by atoms with Crippen LogP contribution in [0.3, 0.4) is 0 Å². The third-order valence-corrected chi connectivity index (χ3v) is 5.63. The summed E-state index contributed by atoms with van der Waals surface area (Å²) in [7, 11) is 0. The van der Waals surface area contributed by atoms with E-state index in [0.717, 1.165) is 16.5 Å². The summed E-state index contributed by atoms with van der Waals surface area (Å²) in [6.07, 6.45) is 2.97. The highest BCUT2D eigenvalue weighted by Gasteiger charge is 2.17. The van der Waals surface area contributed by atoms with E-state index in [2.05, 4.69) is 5.32 Å². The number of hydrogen-bond donors (Lipinski definition) is 1. The number of fused-ring (bicyclic) bond motifs is 1. The third-order valence-electron chi connectivity index (χ3n) is 5.31. The summed E-state index contributed by atoms with van der Waals surface area (Å²) in [5.41, 5.74) is 3.34. The predicted molar refractivity (Wildman–Crippen MR) is 133 cm³/mol. The summed E-state index contributed by atoms with van der Waals surface area (Å²) in [5, 5.41) is 14.5. The van der Waals surface area contributed by atoms with Gasteiger partial charge in [0.2, 0.25) is 5.91 Å². The highest BCUT2D eigenvalue weighted by atomic mass is 35.5. The second-order valence-electron chi connectivity index (χ2n) is 7.67. The summed E-state index contributed by atoms with van der Waals surface area (Å²) < 4.78 is 24.9. The summed E-state index contributed by atoms with van der Waals surface area (Å²) in [5.74, 6) is -0.284. The SMILES string of the molecule is CCOc1cc2occ(-c3ccc(F)cc3)c2cc1/C(C)=C/C(=O)Nc1ccc(Cl)c([N+](=O)[O-])c1. The second-order valence-corrected chi connectivity index (χ2v) is 8.08. The van der Waals surface area contributed by atoms with Crippen LogP contribution < -0.4 is 10.1 Å². The molecule has 0 fully saturated rings. The number of benzene rings is 3. The maximum atomic E-state index is 13.4. The molecule has 0 radical (unpaired) electrons. The fourth-order valence-electron chi connectivity index (χ4n) is 3.67. The molecule has 9 heteroatoms. The van der Waals surface area contributed by atoms with Crippen LogP contribution in [0.2, 0.25) is 5.02 Å². The van der Waals surface area contributed by atoms with Crippen LogP contribution in [-0.4, -0.2) is 17.4 Å². The van der Waals surface area contributed by atoms with Crippen LogP contribution >= 0.6 is 11.6 Å². The van der Waals surface area contributed by atoms with Gasteiger partial charge in [-0.3, -0.25) is 14.9 Å². The van der Waals surface area contributed by atoms with Crippen LogP contribution in [0.1, 0.15) is 19.4 Å². The van der Waals surface area contributed by atoms with Gasteiger partial charge in [0.1, 0.15) is 22.2 Å². The standard InChI is InChI=1S/C26H20ClFN2O5/c1-3-34-24-13-25-20(21(14-35-25)16-4-6-17(28)7-5-16)12-19(24)15(2)10-26(31)29-18-8-9-22(27)23(11-18)30(32)33/h4-14H,3H2,1-2H3,(H,29,31)/b15-10+. The summed E-state index contributed by atoms with van der Waals surface area (Å²) in [6.45, 7) is 4.00. The lowest BCUT2D eigenvalue weighted by Crippen LogP contribution is -2.09. The fourth-order valence-corrected chi connectivity index (χ4v) is 3.86. The normalized spacial score (nSPS) is 11.5. The number of ether oxygens (including phenoxy) is 1. The van der Waals surface area contributed by atoms with Gasteiger partial charge in [0, 0.05) is 40.4 Å². The van der Waals surface area contributed by atoms with Crippen molar-refractivity contribution >= 4 is 45.4 Å². The van der Waals surface area contributed by atoms with Crippen molar-refractivity contribution in [3.63, 3.8) is 0 Å². The van der Waals surface area contributed by atoms with Crippen LogP contribution in [-0.2, 0) is 4.79 Å². The molecule has 1 aromatic heterocycles. The monoisotopic (exact) mass is 494 g/mol. The fraction of sp³-hybridized carbons (Fsp3) is 0.115. The molecular weight excluding hydrogens is 475 g/mol. The van der Waals surface area contributed by atoms with Crippen molar-refractivity contribution in [2.45, 2.75) is 13.8 Å². The van der Waals surface area contributed by atoms with E-state index in [1.54, 1.807) is 31.4 Å². The number of anilines is 1. The van der Waals surface area contributed by atoms with Crippen molar-refractivity contribution < 1.29 is 23.3 Å². The number of rotatable bonds is 7.